The van der Waals surface area contributed by atoms with Crippen LogP contribution >= 0.6 is 0 Å². The fourth-order valence-electron chi connectivity index (χ4n) is 2.97. The first-order valence-corrected chi connectivity index (χ1v) is 9.52. The Morgan fingerprint density at radius 2 is 1.65 bits per heavy atom. The van der Waals surface area contributed by atoms with Crippen molar-refractivity contribution < 1.29 is 18.1 Å². The van der Waals surface area contributed by atoms with Crippen LogP contribution in [0.1, 0.15) is 77.0 Å². The molecule has 0 bridgehead atoms. The Balaban J connectivity index is 1.48. The Hall–Kier alpha value is -0.130. The van der Waals surface area contributed by atoms with E-state index >= 15 is 0 Å². The summed E-state index contributed by atoms with van der Waals surface area (Å²) in [6.45, 7) is 0. The van der Waals surface area contributed by atoms with Gasteiger partial charge in [-0.15, -0.1) is 0 Å². The normalized spacial score (nSPS) is 22.7. The summed E-state index contributed by atoms with van der Waals surface area (Å²) >= 11 is 0. The van der Waals surface area contributed by atoms with Crippen molar-refractivity contribution in [1.82, 2.24) is 0 Å². The number of unbranched alkanes of at least 4 members (excludes halogenated alkanes) is 2. The number of hydrogen-bond acceptors (Lipinski definition) is 3. The highest BCUT2D eigenvalue weighted by Crippen LogP contribution is 2.47. The van der Waals surface area contributed by atoms with Gasteiger partial charge in [-0.1, -0.05) is 44.9 Å². The molecule has 0 heterocycles. The minimum absolute atomic E-state index is 0.241. The zero-order valence-corrected chi connectivity index (χ0v) is 13.1. The van der Waals surface area contributed by atoms with Crippen LogP contribution in [0.15, 0.2) is 0 Å². The molecule has 1 atom stereocenters. The highest BCUT2D eigenvalue weighted by molar-refractivity contribution is 7.87. The van der Waals surface area contributed by atoms with Crippen molar-refractivity contribution in [1.29, 1.82) is 0 Å². The van der Waals surface area contributed by atoms with E-state index in [-0.39, 0.29) is 6.10 Å². The summed E-state index contributed by atoms with van der Waals surface area (Å²) in [5.74, 6) is 0.974. The molecule has 20 heavy (non-hydrogen) atoms. The monoisotopic (exact) mass is 304 g/mol. The quantitative estimate of drug-likeness (QED) is 0.454. The van der Waals surface area contributed by atoms with Crippen molar-refractivity contribution in [2.45, 2.75) is 87.9 Å². The van der Waals surface area contributed by atoms with Crippen molar-refractivity contribution in [2.75, 3.05) is 0 Å². The first-order chi connectivity index (χ1) is 9.43. The van der Waals surface area contributed by atoms with Crippen LogP contribution in [0.3, 0.4) is 0 Å². The van der Waals surface area contributed by atoms with Gasteiger partial charge in [0, 0.05) is 0 Å². The predicted octanol–water partition coefficient (Wildman–Crippen LogP) is 3.30. The van der Waals surface area contributed by atoms with Gasteiger partial charge in [0.1, 0.15) is 0 Å². The predicted molar refractivity (Wildman–Crippen MR) is 79.2 cm³/mol. The van der Waals surface area contributed by atoms with Gasteiger partial charge in [0.25, 0.3) is 10.1 Å². The number of aliphatic hydroxyl groups excluding tert-OH is 1. The van der Waals surface area contributed by atoms with E-state index < -0.39 is 14.9 Å². The average molecular weight is 304 g/mol. The van der Waals surface area contributed by atoms with Gasteiger partial charge in [-0.25, -0.2) is 0 Å². The standard InChI is InChI=1S/C15H28O4S/c16-14(6-2-1-5-13-8-9-13)7-3-4-10-15(11-12-15)20(17,18)19/h13-14,16H,1-12H2,(H,17,18,19). The first kappa shape index (κ1) is 16.2. The molecule has 0 aromatic carbocycles. The minimum atomic E-state index is -3.87. The SMILES string of the molecule is O=S(=O)(O)C1(CCCCC(O)CCCCC2CC2)CC1. The lowest BCUT2D eigenvalue weighted by atomic mass is 10.0. The maximum Gasteiger partial charge on any atom is 0.270 e. The van der Waals surface area contributed by atoms with Crippen molar-refractivity contribution in [3.63, 3.8) is 0 Å². The molecule has 2 fully saturated rings. The number of rotatable bonds is 11. The van der Waals surface area contributed by atoms with Gasteiger partial charge in [0.15, 0.2) is 0 Å². The molecule has 2 rings (SSSR count). The topological polar surface area (TPSA) is 74.6 Å². The molecule has 0 saturated heterocycles. The van der Waals surface area contributed by atoms with Gasteiger partial charge in [-0.05, 0) is 38.0 Å². The van der Waals surface area contributed by atoms with Gasteiger partial charge in [-0.2, -0.15) is 8.42 Å². The van der Waals surface area contributed by atoms with E-state index in [2.05, 4.69) is 0 Å². The summed E-state index contributed by atoms with van der Waals surface area (Å²) in [5, 5.41) is 9.87. The summed E-state index contributed by atoms with van der Waals surface area (Å²) in [6, 6.07) is 0. The van der Waals surface area contributed by atoms with E-state index in [4.69, 9.17) is 4.55 Å². The zero-order chi connectivity index (χ0) is 14.6. The van der Waals surface area contributed by atoms with Crippen LogP contribution in [-0.2, 0) is 10.1 Å². The van der Waals surface area contributed by atoms with E-state index in [1.165, 1.54) is 25.7 Å². The van der Waals surface area contributed by atoms with E-state index in [1.54, 1.807) is 0 Å². The molecule has 5 heteroatoms. The Bertz CT molecular complexity index is 396. The molecule has 2 N–H and O–H groups in total. The minimum Gasteiger partial charge on any atom is -0.393 e. The molecular formula is C15H28O4S. The average Bonchev–Trinajstić information content (AvgIpc) is 3.23. The Kier molecular flexibility index (Phi) is 5.49. The zero-order valence-electron chi connectivity index (χ0n) is 12.3. The molecule has 2 aliphatic carbocycles. The van der Waals surface area contributed by atoms with Crippen LogP contribution in [0.5, 0.6) is 0 Å². The molecule has 0 radical (unpaired) electrons. The van der Waals surface area contributed by atoms with E-state index in [9.17, 15) is 13.5 Å². The van der Waals surface area contributed by atoms with Crippen molar-refractivity contribution in [2.24, 2.45) is 5.92 Å². The van der Waals surface area contributed by atoms with Crippen LogP contribution in [-0.4, -0.2) is 28.9 Å². The van der Waals surface area contributed by atoms with Crippen LogP contribution in [0.4, 0.5) is 0 Å². The third-order valence-corrected chi connectivity index (χ3v) is 6.58. The lowest BCUT2D eigenvalue weighted by Gasteiger charge is -2.13. The third kappa shape index (κ3) is 5.01. The lowest BCUT2D eigenvalue weighted by molar-refractivity contribution is 0.147. The Morgan fingerprint density at radius 3 is 2.15 bits per heavy atom. The molecule has 0 spiro atoms. The molecule has 1 unspecified atom stereocenters. The molecule has 2 saturated carbocycles. The molecule has 118 valence electrons. The van der Waals surface area contributed by atoms with Gasteiger partial charge < -0.3 is 5.11 Å². The number of aliphatic hydroxyl groups is 1. The fraction of sp³-hybridized carbons (Fsp3) is 1.00. The second-order valence-corrected chi connectivity index (χ2v) is 8.60. The Morgan fingerprint density at radius 1 is 1.05 bits per heavy atom. The van der Waals surface area contributed by atoms with Crippen LogP contribution in [0.2, 0.25) is 0 Å². The summed E-state index contributed by atoms with van der Waals surface area (Å²) in [7, 11) is -3.87. The summed E-state index contributed by atoms with van der Waals surface area (Å²) in [4.78, 5) is 0. The largest absolute Gasteiger partial charge is 0.393 e. The van der Waals surface area contributed by atoms with E-state index in [1.807, 2.05) is 0 Å². The van der Waals surface area contributed by atoms with Crippen molar-refractivity contribution >= 4 is 10.1 Å². The number of hydrogen-bond donors (Lipinski definition) is 2. The van der Waals surface area contributed by atoms with Crippen LogP contribution in [0.25, 0.3) is 0 Å². The maximum atomic E-state index is 11.2. The first-order valence-electron chi connectivity index (χ1n) is 8.08. The summed E-state index contributed by atoms with van der Waals surface area (Å²) in [6.07, 6.45) is 11.2. The van der Waals surface area contributed by atoms with E-state index in [0.29, 0.717) is 19.3 Å². The van der Waals surface area contributed by atoms with Gasteiger partial charge >= 0.3 is 0 Å². The molecule has 0 amide bonds. The molecule has 0 aromatic heterocycles. The Labute approximate surface area is 122 Å². The van der Waals surface area contributed by atoms with Gasteiger partial charge in [0.05, 0.1) is 10.9 Å². The maximum absolute atomic E-state index is 11.2. The lowest BCUT2D eigenvalue weighted by Crippen LogP contribution is -2.22. The van der Waals surface area contributed by atoms with Gasteiger partial charge in [0.2, 0.25) is 0 Å². The van der Waals surface area contributed by atoms with Crippen LogP contribution in [0, 0.1) is 5.92 Å². The van der Waals surface area contributed by atoms with Crippen molar-refractivity contribution in [3.8, 4) is 0 Å². The molecule has 4 nitrogen and oxygen atoms in total. The molecule has 2 aliphatic rings. The second-order valence-electron chi connectivity index (χ2n) is 6.79. The summed E-state index contributed by atoms with van der Waals surface area (Å²) < 4.78 is 30.7. The molecular weight excluding hydrogens is 276 g/mol. The van der Waals surface area contributed by atoms with Gasteiger partial charge in [-0.3, -0.25) is 4.55 Å². The third-order valence-electron chi connectivity index (χ3n) is 4.87. The van der Waals surface area contributed by atoms with E-state index in [0.717, 1.165) is 38.0 Å². The smallest absolute Gasteiger partial charge is 0.270 e. The highest BCUT2D eigenvalue weighted by atomic mass is 32.2. The summed E-state index contributed by atoms with van der Waals surface area (Å²) in [5.41, 5.74) is 0. The van der Waals surface area contributed by atoms with Crippen LogP contribution < -0.4 is 0 Å². The molecule has 0 aromatic rings. The highest BCUT2D eigenvalue weighted by Gasteiger charge is 2.53. The fourth-order valence-corrected chi connectivity index (χ4v) is 3.99. The van der Waals surface area contributed by atoms with Crippen molar-refractivity contribution in [3.05, 3.63) is 0 Å². The second kappa shape index (κ2) is 6.75. The molecule has 0 aliphatic heterocycles.